The second kappa shape index (κ2) is 7.18. The minimum absolute atomic E-state index is 0.0708. The number of carbonyl (C=O) groups is 2. The Morgan fingerprint density at radius 1 is 1.37 bits per heavy atom. The van der Waals surface area contributed by atoms with Gasteiger partial charge in [0.05, 0.1) is 17.6 Å². The highest BCUT2D eigenvalue weighted by molar-refractivity contribution is 7.81. The van der Waals surface area contributed by atoms with Crippen LogP contribution in [0.25, 0.3) is 4.85 Å². The molecule has 1 saturated heterocycles. The van der Waals surface area contributed by atoms with Crippen molar-refractivity contribution in [2.45, 2.75) is 31.7 Å². The van der Waals surface area contributed by atoms with Gasteiger partial charge in [-0.1, -0.05) is 6.07 Å². The fourth-order valence-corrected chi connectivity index (χ4v) is 4.09. The topological polar surface area (TPSA) is 57.0 Å². The van der Waals surface area contributed by atoms with Gasteiger partial charge in [-0.2, -0.15) is 0 Å². The molecule has 6 nitrogen and oxygen atoms in total. The van der Waals surface area contributed by atoms with E-state index in [4.69, 9.17) is 28.4 Å². The zero-order chi connectivity index (χ0) is 27.6. The quantitative estimate of drug-likeness (QED) is 0.590. The molecule has 2 aromatic carbocycles. The van der Waals surface area contributed by atoms with Crippen LogP contribution < -0.4 is 15.1 Å². The van der Waals surface area contributed by atoms with Gasteiger partial charge in [-0.15, -0.1) is 0 Å². The molecular formula is C22H19FN4O2S. The third-order valence-electron chi connectivity index (χ3n) is 5.37. The summed E-state index contributed by atoms with van der Waals surface area (Å²) < 4.78 is 70.4. The van der Waals surface area contributed by atoms with Crippen molar-refractivity contribution in [2.75, 3.05) is 16.8 Å². The normalized spacial score (nSPS) is 20.9. The van der Waals surface area contributed by atoms with E-state index in [1.165, 1.54) is 17.9 Å². The number of hydrogen-bond donors (Lipinski definition) is 1. The Morgan fingerprint density at radius 2 is 2.10 bits per heavy atom. The monoisotopic (exact) mass is 429 g/mol. The Hall–Kier alpha value is -3.31. The maximum Gasteiger partial charge on any atom is 0.259 e. The molecule has 0 radical (unpaired) electrons. The summed E-state index contributed by atoms with van der Waals surface area (Å²) in [5.41, 5.74) is -2.46. The number of rotatable bonds is 3. The van der Waals surface area contributed by atoms with Crippen molar-refractivity contribution in [3.63, 3.8) is 0 Å². The molecule has 0 bridgehead atoms. The highest BCUT2D eigenvalue weighted by Gasteiger charge is 2.59. The van der Waals surface area contributed by atoms with Crippen LogP contribution in [0.5, 0.6) is 0 Å². The molecule has 0 unspecified atom stereocenters. The lowest BCUT2D eigenvalue weighted by atomic mass is 9.75. The van der Waals surface area contributed by atoms with Gasteiger partial charge in [-0.3, -0.25) is 14.5 Å². The van der Waals surface area contributed by atoms with Crippen LogP contribution in [0.2, 0.25) is 0 Å². The van der Waals surface area contributed by atoms with Gasteiger partial charge in [0.2, 0.25) is 0 Å². The lowest BCUT2D eigenvalue weighted by molar-refractivity contribution is -0.123. The van der Waals surface area contributed by atoms with Crippen molar-refractivity contribution in [1.82, 2.24) is 5.32 Å². The second-order valence-electron chi connectivity index (χ2n) is 6.97. The molecule has 1 heterocycles. The minimum Gasteiger partial charge on any atom is -0.355 e. The molecule has 1 N–H and O–H groups in total. The molecule has 2 aliphatic rings. The fourth-order valence-electron chi connectivity index (χ4n) is 3.65. The number of halogens is 1. The van der Waals surface area contributed by atoms with Crippen LogP contribution >= 0.6 is 12.2 Å². The Kier molecular flexibility index (Phi) is 3.13. The number of nitrogens with zero attached hydrogens (tertiary/aromatic N) is 3. The summed E-state index contributed by atoms with van der Waals surface area (Å²) in [5.74, 6) is -3.33. The third-order valence-corrected chi connectivity index (χ3v) is 5.74. The van der Waals surface area contributed by atoms with E-state index in [2.05, 4.69) is 4.85 Å². The molecular weight excluding hydrogens is 403 g/mol. The van der Waals surface area contributed by atoms with E-state index < -0.39 is 53.5 Å². The van der Waals surface area contributed by atoms with Crippen LogP contribution in [0.4, 0.5) is 21.5 Å². The lowest BCUT2D eigenvalue weighted by Crippen LogP contribution is -2.55. The van der Waals surface area contributed by atoms with Gasteiger partial charge in [0.25, 0.3) is 11.8 Å². The van der Waals surface area contributed by atoms with Crippen molar-refractivity contribution >= 4 is 46.2 Å². The first kappa shape index (κ1) is 13.1. The van der Waals surface area contributed by atoms with Crippen LogP contribution in [0.3, 0.4) is 0 Å². The molecule has 0 atom stereocenters. The Morgan fingerprint density at radius 3 is 2.73 bits per heavy atom. The maximum atomic E-state index is 15.2. The van der Waals surface area contributed by atoms with Gasteiger partial charge in [0.15, 0.2) is 10.8 Å². The van der Waals surface area contributed by atoms with E-state index in [9.17, 15) is 9.59 Å². The molecule has 1 aliphatic carbocycles. The zero-order valence-corrected chi connectivity index (χ0v) is 16.5. The van der Waals surface area contributed by atoms with Crippen molar-refractivity contribution in [3.8, 4) is 0 Å². The average molecular weight is 430 g/mol. The molecule has 152 valence electrons. The summed E-state index contributed by atoms with van der Waals surface area (Å²) in [7, 11) is 0. The van der Waals surface area contributed by atoms with Crippen molar-refractivity contribution in [2.24, 2.45) is 0 Å². The van der Waals surface area contributed by atoms with Gasteiger partial charge < -0.3 is 10.2 Å². The van der Waals surface area contributed by atoms with Crippen LogP contribution in [0.15, 0.2) is 36.3 Å². The summed E-state index contributed by atoms with van der Waals surface area (Å²) in [5, 5.41) is 1.34. The first-order valence-corrected chi connectivity index (χ1v) is 9.36. The van der Waals surface area contributed by atoms with E-state index in [0.717, 1.165) is 11.0 Å². The Balaban J connectivity index is 1.88. The second-order valence-corrected chi connectivity index (χ2v) is 7.34. The van der Waals surface area contributed by atoms with Crippen molar-refractivity contribution in [3.05, 3.63) is 64.7 Å². The molecule has 2 amide bonds. The van der Waals surface area contributed by atoms with Gasteiger partial charge >= 0.3 is 0 Å². The van der Waals surface area contributed by atoms with Crippen molar-refractivity contribution < 1.29 is 23.6 Å². The van der Waals surface area contributed by atoms with E-state index >= 15 is 4.39 Å². The van der Waals surface area contributed by atoms with E-state index in [1.54, 1.807) is 5.32 Å². The Bertz CT molecular complexity index is 1440. The van der Waals surface area contributed by atoms with Crippen LogP contribution in [0.1, 0.15) is 44.8 Å². The zero-order valence-electron chi connectivity index (χ0n) is 22.7. The van der Waals surface area contributed by atoms with E-state index in [-0.39, 0.29) is 47.0 Å². The van der Waals surface area contributed by atoms with Crippen LogP contribution in [-0.2, 0) is 4.79 Å². The molecule has 30 heavy (non-hydrogen) atoms. The maximum absolute atomic E-state index is 15.2. The molecule has 1 spiro atoms. The largest absolute Gasteiger partial charge is 0.355 e. The highest BCUT2D eigenvalue weighted by Crippen LogP contribution is 2.48. The number of hydrogen-bond acceptors (Lipinski definition) is 3. The number of thiocarbonyl (C=S) groups is 1. The smallest absolute Gasteiger partial charge is 0.259 e. The summed E-state index contributed by atoms with van der Waals surface area (Å²) >= 11 is 5.56. The van der Waals surface area contributed by atoms with E-state index in [1.807, 2.05) is 0 Å². The summed E-state index contributed by atoms with van der Waals surface area (Å²) in [6.07, 6.45) is 1.06. The average Bonchev–Trinajstić information content (AvgIpc) is 2.99. The number of benzene rings is 2. The summed E-state index contributed by atoms with van der Waals surface area (Å²) in [6.45, 7) is 5.83. The standard InChI is InChI=1S/C22H19FN4O2S/c1-13-11-14(6-8-18(13)24-2)26-20(29)22(9-4-10-22)27(21(26)30)15-5-7-16(17(23)12-15)19(28)25-3/h5-8,11-12H,4,9-10H2,1,3H3,(H,25,28)/i3D3,5D,6D,11D,12D. The highest BCUT2D eigenvalue weighted by atomic mass is 32.1. The first-order valence-electron chi connectivity index (χ1n) is 12.5. The number of carbonyl (C=O) groups excluding carboxylic acids is 2. The predicted molar refractivity (Wildman–Crippen MR) is 116 cm³/mol. The SMILES string of the molecule is [2H]c1cc([N+]#[C-])c(C)c([2H])c1N1C(=O)C2(CCC2)N(c2c([2H])cc(C(=O)NC([2H])([2H])[2H])c(F)c2[2H])C1=S. The van der Waals surface area contributed by atoms with E-state index in [0.29, 0.717) is 6.42 Å². The molecule has 2 fully saturated rings. The molecule has 2 aromatic rings. The molecule has 0 aromatic heterocycles. The lowest BCUT2D eigenvalue weighted by Gasteiger charge is -2.43. The Labute approximate surface area is 188 Å². The van der Waals surface area contributed by atoms with Gasteiger partial charge in [0, 0.05) is 22.5 Å². The summed E-state index contributed by atoms with van der Waals surface area (Å²) in [6, 6.07) is -0.0395. The predicted octanol–water partition coefficient (Wildman–Crippen LogP) is 4.11. The number of nitrogens with one attached hydrogen (secondary N) is 1. The number of amides is 2. The summed E-state index contributed by atoms with van der Waals surface area (Å²) in [4.78, 5) is 31.5. The molecule has 1 saturated carbocycles. The van der Waals surface area contributed by atoms with Gasteiger partial charge in [-0.25, -0.2) is 9.24 Å². The minimum atomic E-state index is -2.92. The molecule has 1 aliphatic heterocycles. The number of anilines is 2. The first-order chi connectivity index (χ1) is 17.2. The fraction of sp³-hybridized carbons (Fsp3) is 0.273. The van der Waals surface area contributed by atoms with Gasteiger partial charge in [-0.05, 0) is 74.2 Å². The van der Waals surface area contributed by atoms with Crippen LogP contribution in [-0.4, -0.2) is 29.4 Å². The van der Waals surface area contributed by atoms with Crippen molar-refractivity contribution in [1.29, 1.82) is 0 Å². The molecule has 8 heteroatoms. The van der Waals surface area contributed by atoms with Crippen LogP contribution in [0, 0.1) is 19.3 Å². The third kappa shape index (κ3) is 2.77. The molecule has 4 rings (SSSR count). The van der Waals surface area contributed by atoms with Gasteiger partial charge in [0.1, 0.15) is 11.4 Å².